The molecule has 0 atom stereocenters. The van der Waals surface area contributed by atoms with Crippen LogP contribution >= 0.6 is 0 Å². The number of nitrogens with zero attached hydrogens (tertiary/aromatic N) is 2. The zero-order chi connectivity index (χ0) is 19.3. The molecule has 5 aromatic rings. The molecule has 0 amide bonds. The van der Waals surface area contributed by atoms with Crippen molar-refractivity contribution in [2.24, 2.45) is 7.05 Å². The number of halogens is 1. The molecule has 0 aliphatic heterocycles. The summed E-state index contributed by atoms with van der Waals surface area (Å²) in [5.41, 5.74) is 6.67. The lowest BCUT2D eigenvalue weighted by Crippen LogP contribution is -2.30. The summed E-state index contributed by atoms with van der Waals surface area (Å²) in [6.07, 6.45) is 3.76. The third-order valence-electron chi connectivity index (χ3n) is 5.21. The zero-order valence-electron chi connectivity index (χ0n) is 15.6. The van der Waals surface area contributed by atoms with Crippen LogP contribution in [-0.2, 0) is 7.05 Å². The smallest absolute Gasteiger partial charge is 0.227 e. The van der Waals surface area contributed by atoms with E-state index in [-0.39, 0.29) is 5.82 Å². The summed E-state index contributed by atoms with van der Waals surface area (Å²) >= 11 is 0. The van der Waals surface area contributed by atoms with Gasteiger partial charge in [-0.25, -0.2) is 13.9 Å². The molecular weight excluding hydrogens is 351 g/mol. The maximum Gasteiger partial charge on any atom is 0.227 e. The van der Waals surface area contributed by atoms with Gasteiger partial charge in [0.05, 0.1) is 5.56 Å². The summed E-state index contributed by atoms with van der Waals surface area (Å²) in [6, 6.07) is 18.9. The number of rotatable bonds is 2. The van der Waals surface area contributed by atoms with Crippen molar-refractivity contribution < 1.29 is 13.4 Å². The molecule has 3 aromatic heterocycles. The summed E-state index contributed by atoms with van der Waals surface area (Å²) in [5, 5.41) is 2.06. The van der Waals surface area contributed by atoms with Gasteiger partial charge in [0, 0.05) is 29.1 Å². The molecule has 0 spiro atoms. The van der Waals surface area contributed by atoms with Crippen LogP contribution < -0.4 is 4.57 Å². The Labute approximate surface area is 161 Å². The van der Waals surface area contributed by atoms with Gasteiger partial charge in [-0.15, -0.1) is 0 Å². The van der Waals surface area contributed by atoms with Gasteiger partial charge >= 0.3 is 0 Å². The number of pyridine rings is 2. The van der Waals surface area contributed by atoms with E-state index in [2.05, 4.69) is 34.7 Å². The molecule has 5 rings (SSSR count). The second kappa shape index (κ2) is 6.27. The lowest BCUT2D eigenvalue weighted by atomic mass is 9.98. The minimum atomic E-state index is -0.235. The van der Waals surface area contributed by atoms with Gasteiger partial charge in [0.25, 0.3) is 0 Å². The summed E-state index contributed by atoms with van der Waals surface area (Å²) < 4.78 is 21.6. The van der Waals surface area contributed by atoms with Crippen LogP contribution in [0.1, 0.15) is 5.56 Å². The van der Waals surface area contributed by atoms with E-state index in [4.69, 9.17) is 4.42 Å². The molecule has 28 heavy (non-hydrogen) atoms. The van der Waals surface area contributed by atoms with Crippen LogP contribution in [0.3, 0.4) is 0 Å². The Morgan fingerprint density at radius 1 is 0.929 bits per heavy atom. The molecule has 136 valence electrons. The van der Waals surface area contributed by atoms with E-state index in [1.165, 1.54) is 12.1 Å². The monoisotopic (exact) mass is 369 g/mol. The zero-order valence-corrected chi connectivity index (χ0v) is 15.6. The fraction of sp³-hybridized carbons (Fsp3) is 0.0833. The van der Waals surface area contributed by atoms with Crippen LogP contribution in [0.15, 0.2) is 77.5 Å². The van der Waals surface area contributed by atoms with Gasteiger partial charge in [-0.1, -0.05) is 24.3 Å². The van der Waals surface area contributed by atoms with Crippen LogP contribution in [0.5, 0.6) is 0 Å². The molecule has 0 aliphatic carbocycles. The summed E-state index contributed by atoms with van der Waals surface area (Å²) in [5.74, 6) is -0.235. The summed E-state index contributed by atoms with van der Waals surface area (Å²) in [4.78, 5) is 4.37. The van der Waals surface area contributed by atoms with Gasteiger partial charge in [-0.2, -0.15) is 0 Å². The highest BCUT2D eigenvalue weighted by Crippen LogP contribution is 2.36. The number of fused-ring (bicyclic) bond motifs is 3. The predicted molar refractivity (Wildman–Crippen MR) is 108 cm³/mol. The summed E-state index contributed by atoms with van der Waals surface area (Å²) in [6.45, 7) is 2.08. The Kier molecular flexibility index (Phi) is 3.72. The predicted octanol–water partition coefficient (Wildman–Crippen LogP) is 5.59. The average molecular weight is 369 g/mol. The molecule has 2 aromatic carbocycles. The van der Waals surface area contributed by atoms with Crippen molar-refractivity contribution in [1.29, 1.82) is 0 Å². The Hall–Kier alpha value is -3.53. The molecular formula is C24H18FN2O+. The van der Waals surface area contributed by atoms with Crippen molar-refractivity contribution >= 4 is 22.1 Å². The highest BCUT2D eigenvalue weighted by atomic mass is 19.1. The van der Waals surface area contributed by atoms with Gasteiger partial charge in [-0.3, -0.25) is 0 Å². The van der Waals surface area contributed by atoms with E-state index >= 15 is 0 Å². The maximum atomic E-state index is 13.3. The second-order valence-electron chi connectivity index (χ2n) is 7.01. The van der Waals surface area contributed by atoms with E-state index in [0.29, 0.717) is 5.71 Å². The van der Waals surface area contributed by atoms with Crippen LogP contribution in [0, 0.1) is 12.7 Å². The molecule has 0 aliphatic rings. The molecule has 3 nitrogen and oxygen atoms in total. The number of hydrogen-bond donors (Lipinski definition) is 0. The average Bonchev–Trinajstić information content (AvgIpc) is 3.08. The Balaban J connectivity index is 1.79. The largest absolute Gasteiger partial charge is 0.437 e. The van der Waals surface area contributed by atoms with E-state index in [0.717, 1.165) is 44.3 Å². The van der Waals surface area contributed by atoms with Crippen molar-refractivity contribution in [2.45, 2.75) is 6.92 Å². The number of aryl methyl sites for hydroxylation is 2. The van der Waals surface area contributed by atoms with Gasteiger partial charge in [0.2, 0.25) is 11.4 Å². The first-order chi connectivity index (χ1) is 13.6. The molecule has 0 saturated heterocycles. The normalized spacial score (nSPS) is 11.4. The minimum Gasteiger partial charge on any atom is -0.437 e. The van der Waals surface area contributed by atoms with E-state index in [1.54, 1.807) is 18.3 Å². The van der Waals surface area contributed by atoms with Gasteiger partial charge in [0.1, 0.15) is 12.9 Å². The number of aromatic nitrogens is 2. The first-order valence-electron chi connectivity index (χ1n) is 9.14. The first-order valence-corrected chi connectivity index (χ1v) is 9.14. The number of furan rings is 1. The highest BCUT2D eigenvalue weighted by molar-refractivity contribution is 6.08. The van der Waals surface area contributed by atoms with Crippen LogP contribution in [-0.4, -0.2) is 4.98 Å². The van der Waals surface area contributed by atoms with E-state index < -0.39 is 0 Å². The third-order valence-corrected chi connectivity index (χ3v) is 5.21. The fourth-order valence-electron chi connectivity index (χ4n) is 3.73. The minimum absolute atomic E-state index is 0.235. The van der Waals surface area contributed by atoms with Crippen molar-refractivity contribution in [1.82, 2.24) is 4.98 Å². The number of hydrogen-bond acceptors (Lipinski definition) is 2. The van der Waals surface area contributed by atoms with Crippen molar-refractivity contribution in [2.75, 3.05) is 0 Å². The van der Waals surface area contributed by atoms with Gasteiger partial charge in [-0.05, 0) is 47.9 Å². The number of benzene rings is 2. The topological polar surface area (TPSA) is 29.9 Å². The van der Waals surface area contributed by atoms with Crippen molar-refractivity contribution in [3.05, 3.63) is 84.4 Å². The van der Waals surface area contributed by atoms with E-state index in [1.807, 2.05) is 31.4 Å². The van der Waals surface area contributed by atoms with Crippen LogP contribution in [0.25, 0.3) is 44.5 Å². The van der Waals surface area contributed by atoms with Crippen LogP contribution in [0.4, 0.5) is 4.39 Å². The third kappa shape index (κ3) is 2.57. The lowest BCUT2D eigenvalue weighted by Gasteiger charge is -2.08. The Morgan fingerprint density at radius 3 is 2.57 bits per heavy atom. The Morgan fingerprint density at radius 2 is 1.75 bits per heavy atom. The molecule has 3 heterocycles. The summed E-state index contributed by atoms with van der Waals surface area (Å²) in [7, 11) is 2.02. The van der Waals surface area contributed by atoms with Gasteiger partial charge < -0.3 is 4.42 Å². The highest BCUT2D eigenvalue weighted by Gasteiger charge is 2.21. The molecule has 0 unspecified atom stereocenters. The Bertz CT molecular complexity index is 1340. The van der Waals surface area contributed by atoms with Crippen molar-refractivity contribution in [3.63, 3.8) is 0 Å². The standard InChI is InChI=1S/C24H18FN2O/c1-15-5-10-19-20-4-3-12-26-24(20)28-23(19)22(15)21-14-17(11-13-27(21)2)16-6-8-18(25)9-7-16/h3-14H,1-2H3/q+1. The van der Waals surface area contributed by atoms with Gasteiger partial charge in [0.15, 0.2) is 11.8 Å². The maximum absolute atomic E-state index is 13.3. The molecule has 0 fully saturated rings. The fourth-order valence-corrected chi connectivity index (χ4v) is 3.73. The lowest BCUT2D eigenvalue weighted by molar-refractivity contribution is -0.660. The SMILES string of the molecule is Cc1ccc2c(oc3ncccc32)c1-c1cc(-c2ccc(F)cc2)cc[n+]1C. The molecule has 0 bridgehead atoms. The first kappa shape index (κ1) is 16.6. The van der Waals surface area contributed by atoms with Crippen LogP contribution in [0.2, 0.25) is 0 Å². The molecule has 0 radical (unpaired) electrons. The molecule has 0 saturated carbocycles. The second-order valence-corrected chi connectivity index (χ2v) is 7.01. The van der Waals surface area contributed by atoms with E-state index in [9.17, 15) is 4.39 Å². The quantitative estimate of drug-likeness (QED) is 0.380. The van der Waals surface area contributed by atoms with Crippen molar-refractivity contribution in [3.8, 4) is 22.4 Å². The molecule has 0 N–H and O–H groups in total. The molecule has 4 heteroatoms.